The standard InChI is InChI=1S/C13H8Br2ClN3/c14-7-2-4-11(9(16)5-7)19-12-6-8(15)1-3-10(12)18-13(19)17/h1-6H,(H2,17,18). The summed E-state index contributed by atoms with van der Waals surface area (Å²) in [6, 6.07) is 11.5. The van der Waals surface area contributed by atoms with Crippen molar-refractivity contribution in [3.63, 3.8) is 0 Å². The average Bonchev–Trinajstić information content (AvgIpc) is 2.65. The molecule has 2 N–H and O–H groups in total. The zero-order valence-corrected chi connectivity index (χ0v) is 13.5. The number of hydrogen-bond donors (Lipinski definition) is 1. The SMILES string of the molecule is Nc1nc2ccc(Br)cc2n1-c1ccc(Br)cc1Cl. The molecule has 3 nitrogen and oxygen atoms in total. The number of nitrogens with two attached hydrogens (primary N) is 1. The van der Waals surface area contributed by atoms with E-state index in [4.69, 9.17) is 17.3 Å². The minimum atomic E-state index is 0.414. The Hall–Kier alpha value is -1.04. The molecule has 0 atom stereocenters. The Bertz CT molecular complexity index is 783. The fourth-order valence-electron chi connectivity index (χ4n) is 1.98. The smallest absolute Gasteiger partial charge is 0.205 e. The molecular weight excluding hydrogens is 393 g/mol. The van der Waals surface area contributed by atoms with Gasteiger partial charge in [-0.05, 0) is 36.4 Å². The zero-order valence-electron chi connectivity index (χ0n) is 9.57. The van der Waals surface area contributed by atoms with E-state index in [2.05, 4.69) is 36.8 Å². The van der Waals surface area contributed by atoms with Gasteiger partial charge < -0.3 is 5.73 Å². The number of fused-ring (bicyclic) bond motifs is 1. The van der Waals surface area contributed by atoms with Crippen molar-refractivity contribution in [3.8, 4) is 5.69 Å². The monoisotopic (exact) mass is 399 g/mol. The maximum absolute atomic E-state index is 6.29. The van der Waals surface area contributed by atoms with Gasteiger partial charge in [0.25, 0.3) is 0 Å². The van der Waals surface area contributed by atoms with Crippen LogP contribution in [0.15, 0.2) is 45.3 Å². The van der Waals surface area contributed by atoms with Gasteiger partial charge in [0.2, 0.25) is 5.95 Å². The number of aromatic nitrogens is 2. The van der Waals surface area contributed by atoms with Crippen molar-refractivity contribution in [2.45, 2.75) is 0 Å². The van der Waals surface area contributed by atoms with Gasteiger partial charge in [0.15, 0.2) is 0 Å². The summed E-state index contributed by atoms with van der Waals surface area (Å²) in [5.41, 5.74) is 8.56. The fourth-order valence-corrected chi connectivity index (χ4v) is 3.09. The van der Waals surface area contributed by atoms with Crippen LogP contribution in [0.4, 0.5) is 5.95 Å². The molecule has 1 heterocycles. The Morgan fingerprint density at radius 1 is 1.05 bits per heavy atom. The average molecular weight is 401 g/mol. The lowest BCUT2D eigenvalue weighted by atomic mass is 10.3. The van der Waals surface area contributed by atoms with Crippen LogP contribution in [0.1, 0.15) is 0 Å². The molecule has 0 aliphatic rings. The van der Waals surface area contributed by atoms with E-state index < -0.39 is 0 Å². The van der Waals surface area contributed by atoms with Crippen LogP contribution in [0.3, 0.4) is 0 Å². The van der Waals surface area contributed by atoms with E-state index in [1.54, 1.807) is 0 Å². The number of anilines is 1. The molecule has 1 aromatic heterocycles. The van der Waals surface area contributed by atoms with E-state index in [0.717, 1.165) is 25.7 Å². The topological polar surface area (TPSA) is 43.8 Å². The Kier molecular flexibility index (Phi) is 3.28. The summed E-state index contributed by atoms with van der Waals surface area (Å²) in [5, 5.41) is 0.611. The van der Waals surface area contributed by atoms with E-state index in [1.807, 2.05) is 41.0 Å². The number of nitrogen functional groups attached to an aromatic ring is 1. The summed E-state index contributed by atoms with van der Waals surface area (Å²) in [5.74, 6) is 0.414. The predicted molar refractivity (Wildman–Crippen MR) is 85.9 cm³/mol. The van der Waals surface area contributed by atoms with Crippen molar-refractivity contribution in [2.75, 3.05) is 5.73 Å². The third kappa shape index (κ3) is 2.26. The van der Waals surface area contributed by atoms with Crippen molar-refractivity contribution < 1.29 is 0 Å². The molecule has 0 fully saturated rings. The van der Waals surface area contributed by atoms with Gasteiger partial charge in [-0.2, -0.15) is 0 Å². The summed E-state index contributed by atoms with van der Waals surface area (Å²) >= 11 is 13.1. The van der Waals surface area contributed by atoms with Gasteiger partial charge in [-0.15, -0.1) is 0 Å². The van der Waals surface area contributed by atoms with Gasteiger partial charge in [-0.1, -0.05) is 43.5 Å². The summed E-state index contributed by atoms with van der Waals surface area (Å²) in [4.78, 5) is 4.34. The maximum atomic E-state index is 6.29. The Morgan fingerprint density at radius 3 is 2.47 bits per heavy atom. The first-order valence-corrected chi connectivity index (χ1v) is 7.41. The molecule has 3 aromatic rings. The summed E-state index contributed by atoms with van der Waals surface area (Å²) < 4.78 is 3.73. The number of rotatable bonds is 1. The van der Waals surface area contributed by atoms with Crippen LogP contribution >= 0.6 is 43.5 Å². The largest absolute Gasteiger partial charge is 0.369 e. The molecule has 0 aliphatic heterocycles. The highest BCUT2D eigenvalue weighted by Crippen LogP contribution is 2.31. The van der Waals surface area contributed by atoms with Crippen molar-refractivity contribution >= 4 is 60.4 Å². The van der Waals surface area contributed by atoms with Crippen LogP contribution in [0.2, 0.25) is 5.02 Å². The molecule has 0 aliphatic carbocycles. The second kappa shape index (κ2) is 4.81. The van der Waals surface area contributed by atoms with Gasteiger partial charge in [0.1, 0.15) is 0 Å². The highest BCUT2D eigenvalue weighted by molar-refractivity contribution is 9.10. The van der Waals surface area contributed by atoms with Crippen LogP contribution in [-0.2, 0) is 0 Å². The van der Waals surface area contributed by atoms with E-state index in [0.29, 0.717) is 11.0 Å². The Balaban J connectivity index is 2.35. The van der Waals surface area contributed by atoms with Crippen molar-refractivity contribution in [1.82, 2.24) is 9.55 Å². The molecule has 0 unspecified atom stereocenters. The normalized spacial score (nSPS) is 11.1. The fraction of sp³-hybridized carbons (Fsp3) is 0. The second-order valence-electron chi connectivity index (χ2n) is 4.03. The molecule has 0 radical (unpaired) electrons. The van der Waals surface area contributed by atoms with Crippen LogP contribution in [-0.4, -0.2) is 9.55 Å². The lowest BCUT2D eigenvalue weighted by Gasteiger charge is -2.09. The van der Waals surface area contributed by atoms with E-state index in [9.17, 15) is 0 Å². The van der Waals surface area contributed by atoms with E-state index in [1.165, 1.54) is 0 Å². The number of imidazole rings is 1. The summed E-state index contributed by atoms with van der Waals surface area (Å²) in [6.45, 7) is 0. The molecule has 3 rings (SSSR count). The minimum absolute atomic E-state index is 0.414. The van der Waals surface area contributed by atoms with Crippen molar-refractivity contribution in [3.05, 3.63) is 50.4 Å². The van der Waals surface area contributed by atoms with Crippen molar-refractivity contribution in [2.24, 2.45) is 0 Å². The van der Waals surface area contributed by atoms with Crippen LogP contribution in [0, 0.1) is 0 Å². The first-order chi connectivity index (χ1) is 9.06. The first kappa shape index (κ1) is 13.0. The van der Waals surface area contributed by atoms with Crippen LogP contribution in [0.5, 0.6) is 0 Å². The van der Waals surface area contributed by atoms with Crippen LogP contribution < -0.4 is 5.73 Å². The number of halogens is 3. The van der Waals surface area contributed by atoms with E-state index >= 15 is 0 Å². The summed E-state index contributed by atoms with van der Waals surface area (Å²) in [7, 11) is 0. The third-order valence-electron chi connectivity index (χ3n) is 2.79. The summed E-state index contributed by atoms with van der Waals surface area (Å²) in [6.07, 6.45) is 0. The Labute approximate surface area is 131 Å². The Morgan fingerprint density at radius 2 is 1.74 bits per heavy atom. The van der Waals surface area contributed by atoms with Gasteiger partial charge in [-0.25, -0.2) is 4.98 Å². The molecule has 0 bridgehead atoms. The van der Waals surface area contributed by atoms with E-state index in [-0.39, 0.29) is 0 Å². The highest BCUT2D eigenvalue weighted by Gasteiger charge is 2.13. The molecule has 6 heteroatoms. The first-order valence-electron chi connectivity index (χ1n) is 5.45. The predicted octanol–water partition coefficient (Wildman–Crippen LogP) is 4.79. The number of hydrogen-bond acceptors (Lipinski definition) is 2. The molecule has 0 amide bonds. The zero-order chi connectivity index (χ0) is 13.6. The molecule has 0 spiro atoms. The number of benzene rings is 2. The quantitative estimate of drug-likeness (QED) is 0.637. The second-order valence-corrected chi connectivity index (χ2v) is 6.27. The third-order valence-corrected chi connectivity index (χ3v) is 4.08. The van der Waals surface area contributed by atoms with Gasteiger partial charge >= 0.3 is 0 Å². The molecule has 0 saturated heterocycles. The number of nitrogens with zero attached hydrogens (tertiary/aromatic N) is 2. The van der Waals surface area contributed by atoms with Gasteiger partial charge in [-0.3, -0.25) is 4.57 Å². The minimum Gasteiger partial charge on any atom is -0.369 e. The molecule has 96 valence electrons. The molecule has 0 saturated carbocycles. The molecule has 2 aromatic carbocycles. The van der Waals surface area contributed by atoms with Gasteiger partial charge in [0, 0.05) is 8.95 Å². The highest BCUT2D eigenvalue weighted by atomic mass is 79.9. The van der Waals surface area contributed by atoms with Crippen LogP contribution in [0.25, 0.3) is 16.7 Å². The lowest BCUT2D eigenvalue weighted by Crippen LogP contribution is -2.01. The molecular formula is C13H8Br2ClN3. The molecule has 19 heavy (non-hydrogen) atoms. The maximum Gasteiger partial charge on any atom is 0.205 e. The van der Waals surface area contributed by atoms with Crippen molar-refractivity contribution in [1.29, 1.82) is 0 Å². The lowest BCUT2D eigenvalue weighted by molar-refractivity contribution is 1.11. The van der Waals surface area contributed by atoms with Gasteiger partial charge in [0.05, 0.1) is 21.7 Å².